The van der Waals surface area contributed by atoms with Crippen LogP contribution in [0, 0.1) is 0 Å². The van der Waals surface area contributed by atoms with Gasteiger partial charge in [0.25, 0.3) is 0 Å². The molecule has 0 bridgehead atoms. The Morgan fingerprint density at radius 1 is 1.00 bits per heavy atom. The van der Waals surface area contributed by atoms with E-state index in [1.54, 1.807) is 0 Å². The van der Waals surface area contributed by atoms with Crippen LogP contribution in [-0.2, 0) is 23.2 Å². The summed E-state index contributed by atoms with van der Waals surface area (Å²) in [5, 5.41) is 8.26. The maximum atomic E-state index is 10.1. The van der Waals surface area contributed by atoms with Crippen molar-refractivity contribution < 1.29 is 28.3 Å². The molecule has 0 aliphatic rings. The van der Waals surface area contributed by atoms with Gasteiger partial charge in [0.2, 0.25) is 0 Å². The fourth-order valence-electron chi connectivity index (χ4n) is 0.724. The lowest BCUT2D eigenvalue weighted by Gasteiger charge is -2.05. The van der Waals surface area contributed by atoms with Gasteiger partial charge in [0.1, 0.15) is 6.61 Å². The quantitative estimate of drug-likeness (QED) is 0.315. The Balaban J connectivity index is 2.90. The number of carboxylic acids is 1. The van der Waals surface area contributed by atoms with Crippen LogP contribution in [0.1, 0.15) is 0 Å². The maximum absolute atomic E-state index is 10.1. The van der Waals surface area contributed by atoms with E-state index in [0.29, 0.717) is 33.0 Å². The molecule has 1 N–H and O–H groups in total. The lowest BCUT2D eigenvalue weighted by Crippen LogP contribution is -2.13. The van der Waals surface area contributed by atoms with Crippen molar-refractivity contribution in [1.29, 1.82) is 0 Å². The highest BCUT2D eigenvalue weighted by atomic mass is 127. The first kappa shape index (κ1) is 16.4. The van der Waals surface area contributed by atoms with Gasteiger partial charge in [0, 0.05) is 21.2 Å². The minimum atomic E-state index is -0.975. The van der Waals surface area contributed by atoms with Crippen LogP contribution in [0.4, 0.5) is 0 Å². The predicted octanol–water partition coefficient (Wildman–Crippen LogP) is 1.14. The van der Waals surface area contributed by atoms with Crippen LogP contribution < -0.4 is 0 Å². The van der Waals surface area contributed by atoms with E-state index in [1.807, 2.05) is 21.2 Å². The summed E-state index contributed by atoms with van der Waals surface area (Å²) in [4.78, 5) is 10.1. The van der Waals surface area contributed by atoms with Gasteiger partial charge in [-0.2, -0.15) is 0 Å². The lowest BCUT2D eigenvalue weighted by molar-refractivity contribution is -0.142. The van der Waals surface area contributed by atoms with Crippen LogP contribution in [0.15, 0.2) is 0 Å². The molecule has 0 heterocycles. The molecular weight excluding hydrogens is 351 g/mol. The number of ether oxygens (including phenoxy) is 3. The second-order valence-corrected chi connectivity index (χ2v) is 4.00. The summed E-state index contributed by atoms with van der Waals surface area (Å²) in [5.41, 5.74) is 0. The first-order chi connectivity index (χ1) is 7.77. The minimum absolute atomic E-state index is 0.279. The smallest absolute Gasteiger partial charge is 0.329 e. The number of hydrogen-bond acceptors (Lipinski definition) is 6. The van der Waals surface area contributed by atoms with Crippen LogP contribution in [0.5, 0.6) is 0 Å². The summed E-state index contributed by atoms with van der Waals surface area (Å²) >= 11 is 2.04. The fraction of sp³-hybridized carbons (Fsp3) is 0.875. The van der Waals surface area contributed by atoms with E-state index in [1.165, 1.54) is 9.21 Å². The summed E-state index contributed by atoms with van der Waals surface area (Å²) in [7, 11) is 1.28. The standard InChI is InChI=1S/C8H15IO6S/c9-16-15-6-5-13-2-1-12-3-4-14-7-8(10)11/h1-7H2,(H,10,11). The monoisotopic (exact) mass is 366 g/mol. The van der Waals surface area contributed by atoms with Gasteiger partial charge in [-0.25, -0.2) is 4.79 Å². The van der Waals surface area contributed by atoms with Crippen LogP contribution in [0.25, 0.3) is 0 Å². The molecule has 16 heavy (non-hydrogen) atoms. The second-order valence-electron chi connectivity index (χ2n) is 2.56. The van der Waals surface area contributed by atoms with Gasteiger partial charge in [-0.15, -0.1) is 0 Å². The molecule has 0 saturated carbocycles. The zero-order valence-electron chi connectivity index (χ0n) is 8.72. The molecule has 96 valence electrons. The van der Waals surface area contributed by atoms with Crippen molar-refractivity contribution in [3.8, 4) is 0 Å². The van der Waals surface area contributed by atoms with E-state index in [0.717, 1.165) is 0 Å². The summed E-state index contributed by atoms with van der Waals surface area (Å²) in [6.07, 6.45) is 0. The molecule has 0 spiro atoms. The van der Waals surface area contributed by atoms with Crippen LogP contribution >= 0.6 is 30.4 Å². The van der Waals surface area contributed by atoms with E-state index in [9.17, 15) is 4.79 Å². The lowest BCUT2D eigenvalue weighted by atomic mass is 10.7. The molecule has 0 unspecified atom stereocenters. The van der Waals surface area contributed by atoms with E-state index in [2.05, 4.69) is 0 Å². The highest BCUT2D eigenvalue weighted by Crippen LogP contribution is 2.10. The van der Waals surface area contributed by atoms with Crippen molar-refractivity contribution >= 4 is 36.4 Å². The third kappa shape index (κ3) is 14.4. The van der Waals surface area contributed by atoms with Crippen LogP contribution in [0.3, 0.4) is 0 Å². The summed E-state index contributed by atoms with van der Waals surface area (Å²) < 4.78 is 20.1. The van der Waals surface area contributed by atoms with Crippen molar-refractivity contribution in [3.05, 3.63) is 0 Å². The Bertz CT molecular complexity index is 171. The van der Waals surface area contributed by atoms with Crippen molar-refractivity contribution in [2.24, 2.45) is 0 Å². The van der Waals surface area contributed by atoms with E-state index < -0.39 is 5.97 Å². The highest BCUT2D eigenvalue weighted by molar-refractivity contribution is 14.2. The molecule has 0 amide bonds. The first-order valence-corrected chi connectivity index (χ1v) is 7.91. The van der Waals surface area contributed by atoms with Crippen molar-refractivity contribution in [1.82, 2.24) is 0 Å². The summed E-state index contributed by atoms with van der Waals surface area (Å²) in [5.74, 6) is -0.975. The normalized spacial score (nSPS) is 10.6. The Labute approximate surface area is 111 Å². The molecule has 0 aromatic rings. The van der Waals surface area contributed by atoms with E-state index >= 15 is 0 Å². The van der Waals surface area contributed by atoms with Crippen LogP contribution in [0.2, 0.25) is 0 Å². The zero-order chi connectivity index (χ0) is 12.1. The van der Waals surface area contributed by atoms with E-state index in [-0.39, 0.29) is 13.2 Å². The maximum Gasteiger partial charge on any atom is 0.329 e. The molecule has 0 aromatic heterocycles. The topological polar surface area (TPSA) is 74.2 Å². The van der Waals surface area contributed by atoms with Crippen molar-refractivity contribution in [3.63, 3.8) is 0 Å². The average molecular weight is 366 g/mol. The predicted molar refractivity (Wildman–Crippen MR) is 67.7 cm³/mol. The number of rotatable bonds is 12. The summed E-state index contributed by atoms with van der Waals surface area (Å²) in [6, 6.07) is 0. The number of carboxylic acid groups (broad SMARTS) is 1. The largest absolute Gasteiger partial charge is 0.480 e. The number of hydrogen-bond donors (Lipinski definition) is 1. The van der Waals surface area contributed by atoms with Gasteiger partial charge in [0.15, 0.2) is 0 Å². The van der Waals surface area contributed by atoms with Crippen LogP contribution in [-0.4, -0.2) is 57.3 Å². The fourth-order valence-corrected chi connectivity index (χ4v) is 1.39. The Morgan fingerprint density at radius 3 is 2.00 bits per heavy atom. The number of carbonyl (C=O) groups is 1. The van der Waals surface area contributed by atoms with Crippen molar-refractivity contribution in [2.75, 3.05) is 46.2 Å². The first-order valence-electron chi connectivity index (χ1n) is 4.62. The zero-order valence-corrected chi connectivity index (χ0v) is 11.7. The number of aliphatic carboxylic acids is 1. The molecule has 8 heteroatoms. The van der Waals surface area contributed by atoms with Gasteiger partial charge in [-0.3, -0.25) is 0 Å². The molecule has 0 aliphatic carbocycles. The third-order valence-electron chi connectivity index (χ3n) is 1.33. The Kier molecular flexibility index (Phi) is 13.8. The molecule has 0 aliphatic heterocycles. The molecule has 0 atom stereocenters. The molecule has 0 fully saturated rings. The summed E-state index contributed by atoms with van der Waals surface area (Å²) in [6.45, 7) is 2.41. The molecule has 0 saturated heterocycles. The minimum Gasteiger partial charge on any atom is -0.480 e. The van der Waals surface area contributed by atoms with Crippen molar-refractivity contribution in [2.45, 2.75) is 0 Å². The van der Waals surface area contributed by atoms with Gasteiger partial charge in [0.05, 0.1) is 48.9 Å². The molecule has 0 radical (unpaired) electrons. The molecule has 0 rings (SSSR count). The molecule has 6 nitrogen and oxygen atoms in total. The van der Waals surface area contributed by atoms with E-state index in [4.69, 9.17) is 23.5 Å². The average Bonchev–Trinajstić information content (AvgIpc) is 2.25. The van der Waals surface area contributed by atoms with Gasteiger partial charge in [-0.1, -0.05) is 0 Å². The molecular formula is C8H15IO6S. The van der Waals surface area contributed by atoms with Gasteiger partial charge >= 0.3 is 5.97 Å². The molecule has 0 aromatic carbocycles. The Hall–Kier alpha value is 0.390. The third-order valence-corrected chi connectivity index (χ3v) is 2.34. The highest BCUT2D eigenvalue weighted by Gasteiger charge is 1.95. The second kappa shape index (κ2) is 13.5. The Morgan fingerprint density at radius 2 is 1.50 bits per heavy atom. The van der Waals surface area contributed by atoms with Gasteiger partial charge in [-0.05, 0) is 0 Å². The van der Waals surface area contributed by atoms with Gasteiger partial charge < -0.3 is 23.5 Å². The SMILES string of the molecule is O=C(O)COCCOCCOCCOSI. The number of halogens is 1.